The molecule has 0 bridgehead atoms. The number of nitrogens with zero attached hydrogens (tertiary/aromatic N) is 4. The van der Waals surface area contributed by atoms with Crippen LogP contribution in [0.15, 0.2) is 122 Å². The van der Waals surface area contributed by atoms with Crippen LogP contribution in [-0.2, 0) is 21.7 Å². The Morgan fingerprint density at radius 3 is 1.94 bits per heavy atom. The molecule has 0 aliphatic carbocycles. The van der Waals surface area contributed by atoms with Gasteiger partial charge in [0, 0.05) is 5.56 Å². The number of imidazole rings is 1. The fourth-order valence-electron chi connectivity index (χ4n) is 5.73. The van der Waals surface area contributed by atoms with Gasteiger partial charge in [-0.3, -0.25) is 9.59 Å². The molecular weight excluding hydrogens is 636 g/mol. The van der Waals surface area contributed by atoms with Gasteiger partial charge in [0.05, 0.1) is 39.8 Å². The van der Waals surface area contributed by atoms with Crippen molar-refractivity contribution in [1.82, 2.24) is 24.8 Å². The molecule has 4 aromatic carbocycles. The first-order valence-electron chi connectivity index (χ1n) is 15.9. The van der Waals surface area contributed by atoms with Crippen molar-refractivity contribution in [1.29, 1.82) is 0 Å². The van der Waals surface area contributed by atoms with E-state index in [0.29, 0.717) is 28.2 Å². The summed E-state index contributed by atoms with van der Waals surface area (Å²) in [6.07, 6.45) is 2.75. The van der Waals surface area contributed by atoms with Crippen molar-refractivity contribution in [2.75, 3.05) is 32.8 Å². The van der Waals surface area contributed by atoms with Crippen LogP contribution >= 0.6 is 0 Å². The molecule has 12 nitrogen and oxygen atoms in total. The number of aliphatic hydroxyl groups is 1. The summed E-state index contributed by atoms with van der Waals surface area (Å²) in [7, 11) is 3.21. The first-order valence-corrected chi connectivity index (χ1v) is 15.9. The number of hydrogen-bond donors (Lipinski definition) is 3. The monoisotopic (exact) mass is 672 g/mol. The zero-order valence-corrected chi connectivity index (χ0v) is 27.5. The Morgan fingerprint density at radius 1 is 0.780 bits per heavy atom. The maximum absolute atomic E-state index is 13.4. The van der Waals surface area contributed by atoms with Gasteiger partial charge < -0.3 is 34.5 Å². The van der Waals surface area contributed by atoms with Gasteiger partial charge in [-0.25, -0.2) is 15.0 Å². The normalized spacial score (nSPS) is 11.9. The summed E-state index contributed by atoms with van der Waals surface area (Å²) < 4.78 is 19.2. The number of aliphatic hydroxyl groups excluding tert-OH is 1. The Kier molecular flexibility index (Phi) is 10.4. The quantitative estimate of drug-likeness (QED) is 0.141. The maximum Gasteiger partial charge on any atom is 0.256 e. The molecule has 3 N–H and O–H groups in total. The SMILES string of the molecule is COc1ccc(C(OC[C@@H](CO)NC(=O)Cn2cnc3c(NC(=O)c4ccccc4)ncnc32)(c2ccccc2)c2ccc(OC)cc2)cc1. The average molecular weight is 673 g/mol. The van der Waals surface area contributed by atoms with E-state index in [4.69, 9.17) is 14.2 Å². The van der Waals surface area contributed by atoms with Crippen molar-refractivity contribution in [3.63, 3.8) is 0 Å². The zero-order chi connectivity index (χ0) is 34.9. The number of fused-ring (bicyclic) bond motifs is 1. The first-order chi connectivity index (χ1) is 24.4. The molecule has 6 rings (SSSR count). The van der Waals surface area contributed by atoms with Crippen LogP contribution in [0.3, 0.4) is 0 Å². The van der Waals surface area contributed by atoms with Gasteiger partial charge in [0.25, 0.3) is 5.91 Å². The van der Waals surface area contributed by atoms with Crippen molar-refractivity contribution in [2.45, 2.75) is 18.2 Å². The number of benzene rings is 4. The summed E-state index contributed by atoms with van der Waals surface area (Å²) in [6.45, 7) is -0.584. The number of rotatable bonds is 14. The third-order valence-corrected chi connectivity index (χ3v) is 8.24. The highest BCUT2D eigenvalue weighted by Gasteiger charge is 2.38. The fraction of sp³-hybridized carbons (Fsp3) is 0.184. The molecule has 0 saturated heterocycles. The second-order valence-corrected chi connectivity index (χ2v) is 11.3. The van der Waals surface area contributed by atoms with Crippen LogP contribution < -0.4 is 20.1 Å². The van der Waals surface area contributed by atoms with E-state index in [1.807, 2.05) is 84.9 Å². The van der Waals surface area contributed by atoms with Crippen molar-refractivity contribution in [2.24, 2.45) is 0 Å². The molecule has 2 heterocycles. The van der Waals surface area contributed by atoms with Crippen LogP contribution in [0.5, 0.6) is 11.5 Å². The lowest BCUT2D eigenvalue weighted by Crippen LogP contribution is -2.45. The fourth-order valence-corrected chi connectivity index (χ4v) is 5.73. The Balaban J connectivity index is 1.23. The van der Waals surface area contributed by atoms with Crippen LogP contribution in [0, 0.1) is 0 Å². The summed E-state index contributed by atoms with van der Waals surface area (Å²) in [5.74, 6) is 0.848. The molecule has 254 valence electrons. The second-order valence-electron chi connectivity index (χ2n) is 11.3. The maximum atomic E-state index is 13.4. The molecule has 0 unspecified atom stereocenters. The second kappa shape index (κ2) is 15.4. The number of carbonyl (C=O) groups excluding carboxylic acids is 2. The molecule has 0 radical (unpaired) electrons. The van der Waals surface area contributed by atoms with E-state index in [-0.39, 0.29) is 31.5 Å². The summed E-state index contributed by atoms with van der Waals surface area (Å²) in [6, 6.07) is 32.9. The lowest BCUT2D eigenvalue weighted by Gasteiger charge is -2.37. The van der Waals surface area contributed by atoms with E-state index < -0.39 is 17.6 Å². The summed E-state index contributed by atoms with van der Waals surface area (Å²) in [5.41, 5.74) is 2.50. The minimum Gasteiger partial charge on any atom is -0.497 e. The number of hydrogen-bond acceptors (Lipinski definition) is 9. The molecule has 0 saturated carbocycles. The Hall–Kier alpha value is -6.11. The molecule has 12 heteroatoms. The Bertz CT molecular complexity index is 1990. The van der Waals surface area contributed by atoms with Crippen LogP contribution in [-0.4, -0.2) is 69.9 Å². The predicted octanol–water partition coefficient (Wildman–Crippen LogP) is 4.58. The van der Waals surface area contributed by atoms with E-state index in [9.17, 15) is 14.7 Å². The molecule has 2 aromatic heterocycles. The van der Waals surface area contributed by atoms with E-state index >= 15 is 0 Å². The van der Waals surface area contributed by atoms with Crippen molar-refractivity contribution in [3.05, 3.63) is 144 Å². The lowest BCUT2D eigenvalue weighted by molar-refractivity contribution is -0.123. The highest BCUT2D eigenvalue weighted by Crippen LogP contribution is 2.41. The molecule has 1 atom stereocenters. The average Bonchev–Trinajstić information content (AvgIpc) is 3.58. The van der Waals surface area contributed by atoms with Crippen LogP contribution in [0.1, 0.15) is 27.0 Å². The van der Waals surface area contributed by atoms with Gasteiger partial charge in [0.15, 0.2) is 17.0 Å². The third kappa shape index (κ3) is 7.16. The summed E-state index contributed by atoms with van der Waals surface area (Å²) in [4.78, 5) is 39.0. The van der Waals surface area contributed by atoms with Crippen LogP contribution in [0.2, 0.25) is 0 Å². The number of carbonyl (C=O) groups is 2. The zero-order valence-electron chi connectivity index (χ0n) is 27.5. The highest BCUT2D eigenvalue weighted by atomic mass is 16.5. The molecule has 0 fully saturated rings. The van der Waals surface area contributed by atoms with E-state index in [2.05, 4.69) is 25.6 Å². The summed E-state index contributed by atoms with van der Waals surface area (Å²) >= 11 is 0. The van der Waals surface area contributed by atoms with Gasteiger partial charge >= 0.3 is 0 Å². The van der Waals surface area contributed by atoms with Gasteiger partial charge in [-0.2, -0.15) is 0 Å². The van der Waals surface area contributed by atoms with Gasteiger partial charge in [0.1, 0.15) is 30.0 Å². The minimum atomic E-state index is -1.13. The van der Waals surface area contributed by atoms with E-state index in [1.54, 1.807) is 43.1 Å². The van der Waals surface area contributed by atoms with Crippen LogP contribution in [0.4, 0.5) is 5.82 Å². The molecule has 2 amide bonds. The standard InChI is InChI=1S/C38H36N6O6/c1-48-31-17-13-28(14-18-31)38(27-11-7-4-8-12-27,29-15-19-32(49-2)20-16-29)50-23-30(22-45)42-33(46)21-44-25-41-34-35(39-24-40-36(34)44)43-37(47)26-9-5-3-6-10-26/h3-20,24-25,30,45H,21-23H2,1-2H3,(H,42,46)(H,39,40,43,47)/t30-/m1/s1. The topological polar surface area (TPSA) is 150 Å². The Morgan fingerprint density at radius 2 is 1.36 bits per heavy atom. The Labute approximate surface area is 288 Å². The smallest absolute Gasteiger partial charge is 0.256 e. The summed E-state index contributed by atoms with van der Waals surface area (Å²) in [5, 5.41) is 16.1. The van der Waals surface area contributed by atoms with Crippen molar-refractivity contribution in [3.8, 4) is 11.5 Å². The van der Waals surface area contributed by atoms with E-state index in [0.717, 1.165) is 16.7 Å². The lowest BCUT2D eigenvalue weighted by atomic mass is 9.80. The molecular formula is C38H36N6O6. The molecule has 0 aliphatic heterocycles. The minimum absolute atomic E-state index is 0.0439. The number of amides is 2. The largest absolute Gasteiger partial charge is 0.497 e. The van der Waals surface area contributed by atoms with Gasteiger partial charge in [-0.05, 0) is 53.1 Å². The van der Waals surface area contributed by atoms with Gasteiger partial charge in [0.2, 0.25) is 5.91 Å². The number of aromatic nitrogens is 4. The van der Waals surface area contributed by atoms with Gasteiger partial charge in [-0.1, -0.05) is 72.8 Å². The number of anilines is 1. The molecule has 0 aliphatic rings. The van der Waals surface area contributed by atoms with Gasteiger partial charge in [-0.15, -0.1) is 0 Å². The highest BCUT2D eigenvalue weighted by molar-refractivity contribution is 6.06. The first kappa shape index (κ1) is 33.8. The molecule has 0 spiro atoms. The van der Waals surface area contributed by atoms with Crippen molar-refractivity contribution < 1.29 is 28.9 Å². The molecule has 50 heavy (non-hydrogen) atoms. The van der Waals surface area contributed by atoms with Crippen LogP contribution in [0.25, 0.3) is 11.2 Å². The number of methoxy groups -OCH3 is 2. The predicted molar refractivity (Wildman–Crippen MR) is 187 cm³/mol. The number of nitrogens with one attached hydrogen (secondary N) is 2. The van der Waals surface area contributed by atoms with E-state index in [1.165, 1.54) is 12.7 Å². The third-order valence-electron chi connectivity index (χ3n) is 8.24. The van der Waals surface area contributed by atoms with Crippen molar-refractivity contribution >= 4 is 28.8 Å². The number of ether oxygens (including phenoxy) is 3. The molecule has 6 aromatic rings.